The van der Waals surface area contributed by atoms with Crippen molar-refractivity contribution >= 4 is 11.8 Å². The van der Waals surface area contributed by atoms with E-state index >= 15 is 0 Å². The van der Waals surface area contributed by atoms with E-state index in [2.05, 4.69) is 4.90 Å². The standard InChI is InChI=1S/C21H31N3O3/c1-27-19-9-7-8-18(16-19)21(26)24-14-12-22(13-15-24)17-20(25)23-10-5-3-2-4-6-11-23/h7-9,16H,2-6,10-15,17H2,1H3. The molecule has 2 amide bonds. The van der Waals surface area contributed by atoms with E-state index in [1.807, 2.05) is 28.0 Å². The minimum atomic E-state index is 0.0312. The maximum absolute atomic E-state index is 12.7. The molecule has 2 aliphatic rings. The van der Waals surface area contributed by atoms with Gasteiger partial charge in [0.15, 0.2) is 0 Å². The van der Waals surface area contributed by atoms with Gasteiger partial charge in [-0.1, -0.05) is 25.3 Å². The summed E-state index contributed by atoms with van der Waals surface area (Å²) in [6.07, 6.45) is 6.00. The first-order valence-electron chi connectivity index (χ1n) is 10.1. The van der Waals surface area contributed by atoms with Crippen LogP contribution in [0, 0.1) is 0 Å². The average Bonchev–Trinajstić information content (AvgIpc) is 2.67. The molecule has 0 unspecified atom stereocenters. The third kappa shape index (κ3) is 5.45. The zero-order valence-corrected chi connectivity index (χ0v) is 16.4. The molecule has 2 fully saturated rings. The Labute approximate surface area is 162 Å². The number of methoxy groups -OCH3 is 1. The van der Waals surface area contributed by atoms with Gasteiger partial charge < -0.3 is 14.5 Å². The topological polar surface area (TPSA) is 53.1 Å². The molecular formula is C21H31N3O3. The Balaban J connectivity index is 1.48. The Kier molecular flexibility index (Phi) is 7.10. The van der Waals surface area contributed by atoms with E-state index in [1.165, 1.54) is 19.3 Å². The van der Waals surface area contributed by atoms with Crippen LogP contribution in [0.5, 0.6) is 5.75 Å². The lowest BCUT2D eigenvalue weighted by atomic mass is 10.1. The first kappa shape index (κ1) is 19.7. The van der Waals surface area contributed by atoms with Crippen molar-refractivity contribution in [3.05, 3.63) is 29.8 Å². The molecule has 1 aromatic rings. The van der Waals surface area contributed by atoms with E-state index in [4.69, 9.17) is 4.74 Å². The Morgan fingerprint density at radius 2 is 1.56 bits per heavy atom. The molecule has 6 heteroatoms. The minimum absolute atomic E-state index is 0.0312. The second-order valence-corrected chi connectivity index (χ2v) is 7.45. The molecule has 0 spiro atoms. The molecule has 2 aliphatic heterocycles. The number of ether oxygens (including phenoxy) is 1. The van der Waals surface area contributed by atoms with Crippen LogP contribution in [0.15, 0.2) is 24.3 Å². The lowest BCUT2D eigenvalue weighted by Crippen LogP contribution is -2.51. The molecule has 2 saturated heterocycles. The summed E-state index contributed by atoms with van der Waals surface area (Å²) >= 11 is 0. The predicted octanol–water partition coefficient (Wildman–Crippen LogP) is 2.25. The van der Waals surface area contributed by atoms with Gasteiger partial charge in [0.1, 0.15) is 5.75 Å². The minimum Gasteiger partial charge on any atom is -0.497 e. The Bertz CT molecular complexity index is 633. The van der Waals surface area contributed by atoms with Gasteiger partial charge in [0.2, 0.25) is 5.91 Å². The number of hydrogen-bond acceptors (Lipinski definition) is 4. The number of hydrogen-bond donors (Lipinski definition) is 0. The molecule has 148 valence electrons. The molecule has 0 N–H and O–H groups in total. The zero-order valence-electron chi connectivity index (χ0n) is 16.4. The van der Waals surface area contributed by atoms with E-state index in [-0.39, 0.29) is 11.8 Å². The summed E-state index contributed by atoms with van der Waals surface area (Å²) in [5.74, 6) is 0.964. The molecule has 0 atom stereocenters. The highest BCUT2D eigenvalue weighted by Gasteiger charge is 2.25. The molecule has 0 radical (unpaired) electrons. The van der Waals surface area contributed by atoms with Gasteiger partial charge in [0.25, 0.3) is 5.91 Å². The molecule has 3 rings (SSSR count). The van der Waals surface area contributed by atoms with E-state index < -0.39 is 0 Å². The average molecular weight is 373 g/mol. The number of nitrogens with zero attached hydrogens (tertiary/aromatic N) is 3. The van der Waals surface area contributed by atoms with Crippen LogP contribution in [0.1, 0.15) is 42.5 Å². The lowest BCUT2D eigenvalue weighted by Gasteiger charge is -2.35. The normalized spacial score (nSPS) is 19.3. The summed E-state index contributed by atoms with van der Waals surface area (Å²) in [4.78, 5) is 31.4. The van der Waals surface area contributed by atoms with Gasteiger partial charge in [0.05, 0.1) is 13.7 Å². The number of carbonyl (C=O) groups is 2. The van der Waals surface area contributed by atoms with Gasteiger partial charge in [0, 0.05) is 44.8 Å². The number of likely N-dealkylation sites (tertiary alicyclic amines) is 1. The predicted molar refractivity (Wildman–Crippen MR) is 105 cm³/mol. The van der Waals surface area contributed by atoms with Crippen molar-refractivity contribution in [2.24, 2.45) is 0 Å². The van der Waals surface area contributed by atoms with Gasteiger partial charge in [-0.3, -0.25) is 14.5 Å². The summed E-state index contributed by atoms with van der Waals surface area (Å²) in [5, 5.41) is 0. The molecule has 2 heterocycles. The van der Waals surface area contributed by atoms with Gasteiger partial charge in [-0.15, -0.1) is 0 Å². The Morgan fingerprint density at radius 3 is 2.22 bits per heavy atom. The fourth-order valence-electron chi connectivity index (χ4n) is 3.84. The summed E-state index contributed by atoms with van der Waals surface area (Å²) in [5.41, 5.74) is 0.652. The highest BCUT2D eigenvalue weighted by atomic mass is 16.5. The molecule has 0 aromatic heterocycles. The molecule has 27 heavy (non-hydrogen) atoms. The molecule has 0 aliphatic carbocycles. The van der Waals surface area contributed by atoms with Gasteiger partial charge in [-0.05, 0) is 31.0 Å². The third-order valence-corrected chi connectivity index (χ3v) is 5.54. The van der Waals surface area contributed by atoms with Crippen molar-refractivity contribution in [1.29, 1.82) is 0 Å². The Morgan fingerprint density at radius 1 is 0.889 bits per heavy atom. The van der Waals surface area contributed by atoms with Crippen molar-refractivity contribution in [1.82, 2.24) is 14.7 Å². The molecule has 6 nitrogen and oxygen atoms in total. The van der Waals surface area contributed by atoms with Crippen LogP contribution in [-0.2, 0) is 4.79 Å². The maximum atomic E-state index is 12.7. The quantitative estimate of drug-likeness (QED) is 0.812. The number of benzene rings is 1. The Hall–Kier alpha value is -2.08. The van der Waals surface area contributed by atoms with Crippen LogP contribution in [0.25, 0.3) is 0 Å². The van der Waals surface area contributed by atoms with Crippen LogP contribution in [0.2, 0.25) is 0 Å². The summed E-state index contributed by atoms with van der Waals surface area (Å²) < 4.78 is 5.21. The largest absolute Gasteiger partial charge is 0.497 e. The summed E-state index contributed by atoms with van der Waals surface area (Å²) in [6.45, 7) is 5.07. The van der Waals surface area contributed by atoms with Crippen LogP contribution < -0.4 is 4.74 Å². The first-order chi connectivity index (χ1) is 13.2. The van der Waals surface area contributed by atoms with Crippen molar-refractivity contribution in [3.63, 3.8) is 0 Å². The fraction of sp³-hybridized carbons (Fsp3) is 0.619. The second kappa shape index (κ2) is 9.74. The monoisotopic (exact) mass is 373 g/mol. The number of carbonyl (C=O) groups excluding carboxylic acids is 2. The van der Waals surface area contributed by atoms with E-state index in [0.717, 1.165) is 39.0 Å². The van der Waals surface area contributed by atoms with E-state index in [9.17, 15) is 9.59 Å². The molecule has 0 bridgehead atoms. The number of rotatable bonds is 4. The number of piperazine rings is 1. The highest BCUT2D eigenvalue weighted by Crippen LogP contribution is 2.16. The van der Waals surface area contributed by atoms with Crippen LogP contribution in [-0.4, -0.2) is 79.4 Å². The highest BCUT2D eigenvalue weighted by molar-refractivity contribution is 5.94. The maximum Gasteiger partial charge on any atom is 0.254 e. The van der Waals surface area contributed by atoms with Crippen molar-refractivity contribution < 1.29 is 14.3 Å². The van der Waals surface area contributed by atoms with Crippen molar-refractivity contribution in [2.45, 2.75) is 32.1 Å². The van der Waals surface area contributed by atoms with Gasteiger partial charge >= 0.3 is 0 Å². The number of amides is 2. The summed E-state index contributed by atoms with van der Waals surface area (Å²) in [7, 11) is 1.60. The van der Waals surface area contributed by atoms with Gasteiger partial charge in [-0.2, -0.15) is 0 Å². The van der Waals surface area contributed by atoms with Crippen LogP contribution >= 0.6 is 0 Å². The summed E-state index contributed by atoms with van der Waals surface area (Å²) in [6, 6.07) is 7.28. The SMILES string of the molecule is COc1cccc(C(=O)N2CCN(CC(=O)N3CCCCCCC3)CC2)c1. The van der Waals surface area contributed by atoms with Crippen molar-refractivity contribution in [3.8, 4) is 5.75 Å². The first-order valence-corrected chi connectivity index (χ1v) is 10.1. The van der Waals surface area contributed by atoms with E-state index in [1.54, 1.807) is 13.2 Å². The smallest absolute Gasteiger partial charge is 0.254 e. The molecule has 0 saturated carbocycles. The van der Waals surface area contributed by atoms with Crippen LogP contribution in [0.3, 0.4) is 0 Å². The van der Waals surface area contributed by atoms with Crippen LogP contribution in [0.4, 0.5) is 0 Å². The third-order valence-electron chi connectivity index (χ3n) is 5.54. The zero-order chi connectivity index (χ0) is 19.1. The fourth-order valence-corrected chi connectivity index (χ4v) is 3.84. The van der Waals surface area contributed by atoms with E-state index in [0.29, 0.717) is 30.9 Å². The van der Waals surface area contributed by atoms with Crippen molar-refractivity contribution in [2.75, 3.05) is 52.9 Å². The molecule has 1 aromatic carbocycles. The second-order valence-electron chi connectivity index (χ2n) is 7.45. The lowest BCUT2D eigenvalue weighted by molar-refractivity contribution is -0.133. The van der Waals surface area contributed by atoms with Gasteiger partial charge in [-0.25, -0.2) is 0 Å². The molecular weight excluding hydrogens is 342 g/mol.